The Hall–Kier alpha value is -0.970. The van der Waals surface area contributed by atoms with Crippen molar-refractivity contribution < 1.29 is 0 Å². The summed E-state index contributed by atoms with van der Waals surface area (Å²) in [7, 11) is 0. The van der Waals surface area contributed by atoms with Crippen LogP contribution in [-0.2, 0) is 6.54 Å². The van der Waals surface area contributed by atoms with Crippen LogP contribution < -0.4 is 10.5 Å². The zero-order valence-electron chi connectivity index (χ0n) is 8.59. The van der Waals surface area contributed by atoms with Gasteiger partial charge in [-0.25, -0.2) is 4.68 Å². The quantitative estimate of drug-likeness (QED) is 0.772. The summed E-state index contributed by atoms with van der Waals surface area (Å²) in [5, 5.41) is 4.13. The molecule has 15 heavy (non-hydrogen) atoms. The summed E-state index contributed by atoms with van der Waals surface area (Å²) in [4.78, 5) is 13.8. The van der Waals surface area contributed by atoms with Crippen molar-refractivity contribution in [3.63, 3.8) is 0 Å². The first-order chi connectivity index (χ1) is 7.31. The van der Waals surface area contributed by atoms with E-state index < -0.39 is 0 Å². The highest BCUT2D eigenvalue weighted by Gasteiger charge is 2.13. The van der Waals surface area contributed by atoms with Crippen LogP contribution >= 0.6 is 12.6 Å². The van der Waals surface area contributed by atoms with Crippen LogP contribution in [-0.4, -0.2) is 28.6 Å². The molecule has 4 nitrogen and oxygen atoms in total. The predicted molar refractivity (Wildman–Crippen MR) is 63.8 cm³/mol. The van der Waals surface area contributed by atoms with Gasteiger partial charge in [0.25, 0.3) is 5.56 Å². The molecule has 1 saturated heterocycles. The molecule has 2 rings (SSSR count). The van der Waals surface area contributed by atoms with Crippen LogP contribution in [0.5, 0.6) is 0 Å². The number of aromatic nitrogens is 2. The molecule has 1 aliphatic rings. The van der Waals surface area contributed by atoms with Gasteiger partial charge in [0.15, 0.2) is 0 Å². The maximum absolute atomic E-state index is 11.6. The molecule has 0 saturated carbocycles. The van der Waals surface area contributed by atoms with E-state index in [1.165, 1.54) is 17.5 Å². The lowest BCUT2D eigenvalue weighted by molar-refractivity contribution is 0.621. The molecule has 5 heteroatoms. The van der Waals surface area contributed by atoms with Crippen molar-refractivity contribution in [3.05, 3.63) is 22.6 Å². The summed E-state index contributed by atoms with van der Waals surface area (Å²) in [6.45, 7) is 2.65. The fourth-order valence-corrected chi connectivity index (χ4v) is 2.02. The van der Waals surface area contributed by atoms with Crippen molar-refractivity contribution in [2.75, 3.05) is 23.7 Å². The number of rotatable bonds is 3. The molecule has 1 aromatic rings. The van der Waals surface area contributed by atoms with E-state index in [2.05, 4.69) is 22.6 Å². The number of thiol groups is 1. The Morgan fingerprint density at radius 2 is 2.13 bits per heavy atom. The minimum Gasteiger partial charge on any atom is -0.370 e. The molecule has 0 amide bonds. The lowest BCUT2D eigenvalue weighted by Gasteiger charge is -2.16. The number of nitrogens with zero attached hydrogens (tertiary/aromatic N) is 3. The van der Waals surface area contributed by atoms with Gasteiger partial charge < -0.3 is 4.90 Å². The highest BCUT2D eigenvalue weighted by Crippen LogP contribution is 2.16. The number of hydrogen-bond acceptors (Lipinski definition) is 4. The molecular formula is C10H15N3OS. The minimum absolute atomic E-state index is 0.0338. The van der Waals surface area contributed by atoms with Crippen LogP contribution in [0.4, 0.5) is 5.69 Å². The maximum atomic E-state index is 11.6. The molecule has 0 spiro atoms. The van der Waals surface area contributed by atoms with Gasteiger partial charge in [-0.3, -0.25) is 4.79 Å². The molecule has 1 fully saturated rings. The Balaban J connectivity index is 2.20. The lowest BCUT2D eigenvalue weighted by Crippen LogP contribution is -2.26. The molecule has 2 heterocycles. The van der Waals surface area contributed by atoms with Gasteiger partial charge >= 0.3 is 0 Å². The second kappa shape index (κ2) is 4.70. The molecular weight excluding hydrogens is 210 g/mol. The van der Waals surface area contributed by atoms with Gasteiger partial charge in [0.05, 0.1) is 18.4 Å². The van der Waals surface area contributed by atoms with Gasteiger partial charge in [-0.2, -0.15) is 17.7 Å². The SMILES string of the molecule is O=c1cc(N2CCCC2)cnn1CCS. The molecule has 0 radical (unpaired) electrons. The fraction of sp³-hybridized carbons (Fsp3) is 0.600. The molecule has 0 bridgehead atoms. The number of anilines is 1. The second-order valence-corrected chi connectivity index (χ2v) is 4.14. The summed E-state index contributed by atoms with van der Waals surface area (Å²) >= 11 is 4.08. The van der Waals surface area contributed by atoms with Gasteiger partial charge in [0.1, 0.15) is 0 Å². The van der Waals surface area contributed by atoms with Crippen molar-refractivity contribution in [2.45, 2.75) is 19.4 Å². The Kier molecular flexibility index (Phi) is 3.30. The number of hydrogen-bond donors (Lipinski definition) is 1. The zero-order valence-corrected chi connectivity index (χ0v) is 9.49. The van der Waals surface area contributed by atoms with E-state index in [-0.39, 0.29) is 5.56 Å². The van der Waals surface area contributed by atoms with E-state index in [1.54, 1.807) is 12.3 Å². The van der Waals surface area contributed by atoms with E-state index in [0.29, 0.717) is 12.3 Å². The minimum atomic E-state index is -0.0338. The Morgan fingerprint density at radius 1 is 1.40 bits per heavy atom. The predicted octanol–water partition coefficient (Wildman–Crippen LogP) is 0.773. The van der Waals surface area contributed by atoms with Gasteiger partial charge in [0, 0.05) is 24.9 Å². The molecule has 0 unspecified atom stereocenters. The van der Waals surface area contributed by atoms with E-state index in [0.717, 1.165) is 18.8 Å². The Morgan fingerprint density at radius 3 is 2.73 bits per heavy atom. The zero-order chi connectivity index (χ0) is 10.7. The maximum Gasteiger partial charge on any atom is 0.268 e. The molecule has 0 N–H and O–H groups in total. The average molecular weight is 225 g/mol. The largest absolute Gasteiger partial charge is 0.370 e. The summed E-state index contributed by atoms with van der Waals surface area (Å²) in [6.07, 6.45) is 4.19. The average Bonchev–Trinajstić information content (AvgIpc) is 2.74. The van der Waals surface area contributed by atoms with Crippen LogP contribution in [0.3, 0.4) is 0 Å². The van der Waals surface area contributed by atoms with Gasteiger partial charge in [-0.05, 0) is 12.8 Å². The van der Waals surface area contributed by atoms with Gasteiger partial charge in [-0.15, -0.1) is 0 Å². The molecule has 1 aliphatic heterocycles. The Bertz CT molecular complexity index is 384. The summed E-state index contributed by atoms with van der Waals surface area (Å²) in [5.41, 5.74) is 0.918. The van der Waals surface area contributed by atoms with E-state index in [1.807, 2.05) is 0 Å². The summed E-state index contributed by atoms with van der Waals surface area (Å²) in [6, 6.07) is 1.67. The molecule has 0 aliphatic carbocycles. The van der Waals surface area contributed by atoms with Crippen molar-refractivity contribution in [3.8, 4) is 0 Å². The normalized spacial score (nSPS) is 15.9. The van der Waals surface area contributed by atoms with Crippen molar-refractivity contribution in [2.24, 2.45) is 0 Å². The van der Waals surface area contributed by atoms with E-state index >= 15 is 0 Å². The third kappa shape index (κ3) is 2.34. The van der Waals surface area contributed by atoms with Gasteiger partial charge in [-0.1, -0.05) is 0 Å². The molecule has 0 aromatic carbocycles. The molecule has 0 atom stereocenters. The van der Waals surface area contributed by atoms with Crippen molar-refractivity contribution >= 4 is 18.3 Å². The number of aryl methyl sites for hydroxylation is 1. The second-order valence-electron chi connectivity index (χ2n) is 3.69. The first kappa shape index (κ1) is 10.5. The smallest absolute Gasteiger partial charge is 0.268 e. The Labute approximate surface area is 94.3 Å². The highest BCUT2D eigenvalue weighted by molar-refractivity contribution is 7.80. The third-order valence-electron chi connectivity index (χ3n) is 2.64. The van der Waals surface area contributed by atoms with E-state index in [9.17, 15) is 4.79 Å². The van der Waals surface area contributed by atoms with E-state index in [4.69, 9.17) is 0 Å². The van der Waals surface area contributed by atoms with Crippen LogP contribution in [0.25, 0.3) is 0 Å². The third-order valence-corrected chi connectivity index (χ3v) is 2.84. The van der Waals surface area contributed by atoms with Crippen LogP contribution in [0, 0.1) is 0 Å². The van der Waals surface area contributed by atoms with Crippen LogP contribution in [0.15, 0.2) is 17.1 Å². The van der Waals surface area contributed by atoms with Crippen LogP contribution in [0.1, 0.15) is 12.8 Å². The monoisotopic (exact) mass is 225 g/mol. The van der Waals surface area contributed by atoms with Gasteiger partial charge in [0.2, 0.25) is 0 Å². The molecule has 82 valence electrons. The first-order valence-electron chi connectivity index (χ1n) is 5.24. The first-order valence-corrected chi connectivity index (χ1v) is 5.87. The summed E-state index contributed by atoms with van der Waals surface area (Å²) in [5.74, 6) is 0.635. The summed E-state index contributed by atoms with van der Waals surface area (Å²) < 4.78 is 1.45. The molecule has 1 aromatic heterocycles. The standard InChI is InChI=1S/C10H15N3OS/c14-10-7-9(12-3-1-2-4-12)8-11-13(10)5-6-15/h7-8,15H,1-6H2. The van der Waals surface area contributed by atoms with Crippen molar-refractivity contribution in [1.82, 2.24) is 9.78 Å². The highest BCUT2D eigenvalue weighted by atomic mass is 32.1. The van der Waals surface area contributed by atoms with Crippen LogP contribution in [0.2, 0.25) is 0 Å². The fourth-order valence-electron chi connectivity index (χ4n) is 1.83. The lowest BCUT2D eigenvalue weighted by atomic mass is 10.4. The topological polar surface area (TPSA) is 38.1 Å². The van der Waals surface area contributed by atoms with Crippen molar-refractivity contribution in [1.29, 1.82) is 0 Å².